The van der Waals surface area contributed by atoms with E-state index in [9.17, 15) is 23.1 Å². The van der Waals surface area contributed by atoms with Crippen molar-refractivity contribution < 1.29 is 27.7 Å². The molecule has 156 valence electrons. The number of hydrogen-bond acceptors (Lipinski definition) is 5. The lowest BCUT2D eigenvalue weighted by Gasteiger charge is -2.13. The second kappa shape index (κ2) is 11.0. The topological polar surface area (TPSA) is 133 Å². The maximum atomic E-state index is 12.3. The monoisotopic (exact) mass is 420 g/mol. The number of carbonyl (C=O) groups is 2. The van der Waals surface area contributed by atoms with E-state index in [4.69, 9.17) is 4.55 Å². The molecule has 4 N–H and O–H groups in total. The van der Waals surface area contributed by atoms with E-state index in [2.05, 4.69) is 10.6 Å². The van der Waals surface area contributed by atoms with E-state index in [0.29, 0.717) is 17.4 Å². The van der Waals surface area contributed by atoms with Crippen LogP contribution >= 0.6 is 0 Å². The van der Waals surface area contributed by atoms with E-state index >= 15 is 0 Å². The molecule has 0 aliphatic rings. The van der Waals surface area contributed by atoms with E-state index in [1.807, 2.05) is 19.9 Å². The van der Waals surface area contributed by atoms with Crippen molar-refractivity contribution in [1.82, 2.24) is 10.6 Å². The Labute approximate surface area is 170 Å². The van der Waals surface area contributed by atoms with Crippen LogP contribution in [0.1, 0.15) is 29.8 Å². The third-order valence-corrected chi connectivity index (χ3v) is 3.15. The van der Waals surface area contributed by atoms with Crippen LogP contribution < -0.4 is 10.6 Å². The van der Waals surface area contributed by atoms with Crippen molar-refractivity contribution in [3.63, 3.8) is 0 Å². The van der Waals surface area contributed by atoms with Crippen LogP contribution in [0.25, 0.3) is 6.08 Å². The summed E-state index contributed by atoms with van der Waals surface area (Å²) in [6, 6.07) is 15.0. The molecular formula is C20H24N2O6S. The molecule has 2 aromatic carbocycles. The molecule has 8 nitrogen and oxygen atoms in total. The van der Waals surface area contributed by atoms with E-state index in [-0.39, 0.29) is 29.3 Å². The number of carbonyl (C=O) groups excluding carboxylic acids is 2. The van der Waals surface area contributed by atoms with Gasteiger partial charge in [0.1, 0.15) is 11.4 Å². The fourth-order valence-electron chi connectivity index (χ4n) is 2.02. The highest BCUT2D eigenvalue weighted by molar-refractivity contribution is 7.85. The number of rotatable bonds is 5. The molecule has 0 bridgehead atoms. The molecule has 0 heterocycles. The Morgan fingerprint density at radius 3 is 2.00 bits per heavy atom. The summed E-state index contributed by atoms with van der Waals surface area (Å²) >= 11 is 0. The Kier molecular flexibility index (Phi) is 9.04. The highest BCUT2D eigenvalue weighted by Crippen LogP contribution is 2.13. The number of phenols is 1. The van der Waals surface area contributed by atoms with Gasteiger partial charge in [0.05, 0.1) is 6.26 Å². The highest BCUT2D eigenvalue weighted by Gasteiger charge is 2.15. The molecule has 0 unspecified atom stereocenters. The summed E-state index contributed by atoms with van der Waals surface area (Å²) in [5.41, 5.74) is 1.30. The van der Waals surface area contributed by atoms with Crippen molar-refractivity contribution in [3.8, 4) is 5.75 Å². The van der Waals surface area contributed by atoms with Gasteiger partial charge >= 0.3 is 0 Å². The van der Waals surface area contributed by atoms with Crippen LogP contribution in [0.2, 0.25) is 0 Å². The van der Waals surface area contributed by atoms with Gasteiger partial charge in [0.15, 0.2) is 0 Å². The smallest absolute Gasteiger partial charge is 0.268 e. The number of nitrogens with one attached hydrogen (secondary N) is 2. The van der Waals surface area contributed by atoms with Crippen LogP contribution in [0.15, 0.2) is 60.3 Å². The highest BCUT2D eigenvalue weighted by atomic mass is 32.2. The van der Waals surface area contributed by atoms with E-state index in [0.717, 1.165) is 0 Å². The summed E-state index contributed by atoms with van der Waals surface area (Å²) < 4.78 is 25.9. The summed E-state index contributed by atoms with van der Waals surface area (Å²) in [6.45, 7) is 3.68. The average molecular weight is 420 g/mol. The zero-order chi connectivity index (χ0) is 22.0. The van der Waals surface area contributed by atoms with Crippen LogP contribution in [-0.4, -0.2) is 42.2 Å². The lowest BCUT2D eigenvalue weighted by atomic mass is 10.1. The number of amides is 2. The first kappa shape index (κ1) is 23.9. The molecule has 29 heavy (non-hydrogen) atoms. The summed E-state index contributed by atoms with van der Waals surface area (Å²) in [6.07, 6.45) is 2.28. The Bertz CT molecular complexity index is 944. The Balaban J connectivity index is 0.000000749. The first-order valence-electron chi connectivity index (χ1n) is 8.56. The van der Waals surface area contributed by atoms with Crippen molar-refractivity contribution in [2.24, 2.45) is 0 Å². The normalized spacial score (nSPS) is 11.3. The van der Waals surface area contributed by atoms with Crippen LogP contribution in [0.3, 0.4) is 0 Å². The van der Waals surface area contributed by atoms with Crippen LogP contribution in [0.5, 0.6) is 5.75 Å². The summed E-state index contributed by atoms with van der Waals surface area (Å²) in [4.78, 5) is 24.7. The van der Waals surface area contributed by atoms with Gasteiger partial charge < -0.3 is 15.7 Å². The van der Waals surface area contributed by atoms with Gasteiger partial charge in [-0.25, -0.2) is 0 Å². The quantitative estimate of drug-likeness (QED) is 0.433. The number of aromatic hydroxyl groups is 1. The molecule has 2 amide bonds. The maximum Gasteiger partial charge on any atom is 0.268 e. The number of benzene rings is 2. The average Bonchev–Trinajstić information content (AvgIpc) is 2.61. The van der Waals surface area contributed by atoms with Gasteiger partial charge in [-0.3, -0.25) is 14.1 Å². The third-order valence-electron chi connectivity index (χ3n) is 3.15. The molecule has 0 fully saturated rings. The molecular weight excluding hydrogens is 396 g/mol. The largest absolute Gasteiger partial charge is 0.508 e. The lowest BCUT2D eigenvalue weighted by Crippen LogP contribution is -2.38. The van der Waals surface area contributed by atoms with Gasteiger partial charge in [-0.2, -0.15) is 8.42 Å². The summed E-state index contributed by atoms with van der Waals surface area (Å²) in [5, 5.41) is 14.8. The third kappa shape index (κ3) is 10.7. The predicted molar refractivity (Wildman–Crippen MR) is 111 cm³/mol. The maximum absolute atomic E-state index is 12.3. The predicted octanol–water partition coefficient (Wildman–Crippen LogP) is 2.19. The molecule has 2 aromatic rings. The molecule has 9 heteroatoms. The van der Waals surface area contributed by atoms with Crippen molar-refractivity contribution >= 4 is 28.0 Å². The zero-order valence-electron chi connectivity index (χ0n) is 16.3. The molecule has 0 spiro atoms. The molecule has 0 aliphatic heterocycles. The van der Waals surface area contributed by atoms with Crippen LogP contribution in [0, 0.1) is 0 Å². The molecule has 0 aromatic heterocycles. The minimum atomic E-state index is -3.67. The van der Waals surface area contributed by atoms with Crippen LogP contribution in [0.4, 0.5) is 0 Å². The standard InChI is InChI=1S/C19H20N2O3.CH4O3S/c1-13(2)20-19(24)17(12-14-8-10-16(22)11-9-14)21-18(23)15-6-4-3-5-7-15;1-5(2,3)4/h3-13,22H,1-2H3,(H,20,24)(H,21,23);1H3,(H,2,3,4). The molecule has 2 rings (SSSR count). The van der Waals surface area contributed by atoms with Crippen molar-refractivity contribution in [2.75, 3.05) is 6.26 Å². The molecule has 0 saturated heterocycles. The second-order valence-corrected chi connectivity index (χ2v) is 7.80. The molecule has 0 atom stereocenters. The van der Waals surface area contributed by atoms with E-state index < -0.39 is 10.1 Å². The van der Waals surface area contributed by atoms with Gasteiger partial charge in [0.25, 0.3) is 21.9 Å². The van der Waals surface area contributed by atoms with Gasteiger partial charge in [-0.1, -0.05) is 30.3 Å². The van der Waals surface area contributed by atoms with Gasteiger partial charge in [0, 0.05) is 11.6 Å². The van der Waals surface area contributed by atoms with Gasteiger partial charge in [-0.05, 0) is 49.8 Å². The molecule has 0 radical (unpaired) electrons. The van der Waals surface area contributed by atoms with E-state index in [1.165, 1.54) is 12.1 Å². The first-order chi connectivity index (χ1) is 13.5. The Morgan fingerprint density at radius 1 is 1.00 bits per heavy atom. The number of hydrogen-bond donors (Lipinski definition) is 4. The fourth-order valence-corrected chi connectivity index (χ4v) is 2.02. The molecule has 0 aliphatic carbocycles. The Hall–Kier alpha value is -3.17. The Morgan fingerprint density at radius 2 is 1.52 bits per heavy atom. The summed E-state index contributed by atoms with van der Waals surface area (Å²) in [7, 11) is -3.67. The van der Waals surface area contributed by atoms with E-state index in [1.54, 1.807) is 42.5 Å². The fraction of sp³-hybridized carbons (Fsp3) is 0.200. The molecule has 0 saturated carbocycles. The van der Waals surface area contributed by atoms with Crippen LogP contribution in [-0.2, 0) is 14.9 Å². The first-order valence-corrected chi connectivity index (χ1v) is 10.4. The van der Waals surface area contributed by atoms with Crippen molar-refractivity contribution in [3.05, 3.63) is 71.4 Å². The van der Waals surface area contributed by atoms with Gasteiger partial charge in [0.2, 0.25) is 0 Å². The van der Waals surface area contributed by atoms with Crippen molar-refractivity contribution in [2.45, 2.75) is 19.9 Å². The second-order valence-electron chi connectivity index (χ2n) is 6.33. The minimum absolute atomic E-state index is 0.0608. The summed E-state index contributed by atoms with van der Waals surface area (Å²) in [5.74, 6) is -0.601. The lowest BCUT2D eigenvalue weighted by molar-refractivity contribution is -0.118. The zero-order valence-corrected chi connectivity index (χ0v) is 17.1. The SMILES string of the molecule is CC(C)NC(=O)C(=Cc1ccc(O)cc1)NC(=O)c1ccccc1.CS(=O)(=O)O. The number of phenolic OH excluding ortho intramolecular Hbond substituents is 1. The minimum Gasteiger partial charge on any atom is -0.508 e. The van der Waals surface area contributed by atoms with Crippen molar-refractivity contribution in [1.29, 1.82) is 0 Å². The van der Waals surface area contributed by atoms with Gasteiger partial charge in [-0.15, -0.1) is 0 Å².